The number of benzene rings is 2. The molecule has 10 nitrogen and oxygen atoms in total. The molecule has 0 aliphatic carbocycles. The third kappa shape index (κ3) is 5.71. The first-order valence-corrected chi connectivity index (χ1v) is 12.4. The van der Waals surface area contributed by atoms with Crippen molar-refractivity contribution in [3.8, 4) is 11.1 Å². The standard InChI is InChI=1S/C27H28F2N8O2/c1-3-23(38)32-19-6-4-5-18(15-19)20-16-31-37-17-30-27(34-26(20)37)33-21-7-8-22(25(29)24(21)28)36-11-9-35(10-12-36)13-14-39-2/h3-8,15-17H,1,9-14H2,2H3,(H,32,38)(H,33,34). The Morgan fingerprint density at radius 1 is 1.15 bits per heavy atom. The second-order valence-corrected chi connectivity index (χ2v) is 8.99. The zero-order valence-electron chi connectivity index (χ0n) is 21.4. The minimum Gasteiger partial charge on any atom is -0.383 e. The molecule has 0 unspecified atom stereocenters. The first-order chi connectivity index (χ1) is 19.0. The van der Waals surface area contributed by atoms with Crippen molar-refractivity contribution in [2.45, 2.75) is 0 Å². The summed E-state index contributed by atoms with van der Waals surface area (Å²) in [5.41, 5.74) is 2.60. The average Bonchev–Trinajstić information content (AvgIpc) is 3.38. The Morgan fingerprint density at radius 2 is 1.97 bits per heavy atom. The maximum Gasteiger partial charge on any atom is 0.247 e. The van der Waals surface area contributed by atoms with E-state index >= 15 is 8.78 Å². The van der Waals surface area contributed by atoms with Crippen molar-refractivity contribution in [2.75, 3.05) is 62.0 Å². The van der Waals surface area contributed by atoms with Crippen molar-refractivity contribution >= 4 is 34.6 Å². The first-order valence-electron chi connectivity index (χ1n) is 12.4. The number of fused-ring (bicyclic) bond motifs is 1. The molecule has 202 valence electrons. The van der Waals surface area contributed by atoms with Gasteiger partial charge in [-0.2, -0.15) is 10.1 Å². The summed E-state index contributed by atoms with van der Waals surface area (Å²) in [4.78, 5) is 24.4. The van der Waals surface area contributed by atoms with Crippen LogP contribution in [0.3, 0.4) is 0 Å². The molecule has 1 aliphatic heterocycles. The normalized spacial score (nSPS) is 14.0. The fourth-order valence-electron chi connectivity index (χ4n) is 4.45. The smallest absolute Gasteiger partial charge is 0.247 e. The molecular weight excluding hydrogens is 506 g/mol. The Kier molecular flexibility index (Phi) is 7.75. The fraction of sp³-hybridized carbons (Fsp3) is 0.259. The topological polar surface area (TPSA) is 99.9 Å². The number of rotatable bonds is 9. The van der Waals surface area contributed by atoms with Crippen molar-refractivity contribution in [1.29, 1.82) is 0 Å². The van der Waals surface area contributed by atoms with E-state index in [9.17, 15) is 4.79 Å². The second kappa shape index (κ2) is 11.5. The highest BCUT2D eigenvalue weighted by Gasteiger charge is 2.23. The summed E-state index contributed by atoms with van der Waals surface area (Å²) in [6, 6.07) is 10.2. The van der Waals surface area contributed by atoms with Gasteiger partial charge in [0.2, 0.25) is 11.9 Å². The Morgan fingerprint density at radius 3 is 2.74 bits per heavy atom. The summed E-state index contributed by atoms with van der Waals surface area (Å²) >= 11 is 0. The van der Waals surface area contributed by atoms with Gasteiger partial charge in [0.15, 0.2) is 17.3 Å². The third-order valence-corrected chi connectivity index (χ3v) is 6.53. The fourth-order valence-corrected chi connectivity index (χ4v) is 4.45. The second-order valence-electron chi connectivity index (χ2n) is 8.99. The van der Waals surface area contributed by atoms with Crippen LogP contribution >= 0.6 is 0 Å². The molecule has 0 spiro atoms. The van der Waals surface area contributed by atoms with Crippen LogP contribution in [0, 0.1) is 11.6 Å². The highest BCUT2D eigenvalue weighted by molar-refractivity contribution is 5.99. The summed E-state index contributed by atoms with van der Waals surface area (Å²) < 4.78 is 36.8. The van der Waals surface area contributed by atoms with Gasteiger partial charge >= 0.3 is 0 Å². The molecule has 0 saturated carbocycles. The van der Waals surface area contributed by atoms with E-state index in [1.165, 1.54) is 23.0 Å². The lowest BCUT2D eigenvalue weighted by atomic mass is 10.1. The summed E-state index contributed by atoms with van der Waals surface area (Å²) in [5.74, 6) is -2.17. The lowest BCUT2D eigenvalue weighted by molar-refractivity contribution is -0.111. The number of carbonyl (C=O) groups is 1. The number of carbonyl (C=O) groups excluding carboxylic acids is 1. The Bertz CT molecular complexity index is 1500. The van der Waals surface area contributed by atoms with E-state index in [0.717, 1.165) is 25.2 Å². The van der Waals surface area contributed by atoms with Crippen molar-refractivity contribution in [2.24, 2.45) is 0 Å². The van der Waals surface area contributed by atoms with Crippen molar-refractivity contribution in [3.63, 3.8) is 0 Å². The van der Waals surface area contributed by atoms with E-state index in [2.05, 4.69) is 37.2 Å². The number of anilines is 4. The zero-order chi connectivity index (χ0) is 27.4. The molecule has 1 aliphatic rings. The van der Waals surface area contributed by atoms with Crippen LogP contribution in [0.25, 0.3) is 16.8 Å². The third-order valence-electron chi connectivity index (χ3n) is 6.53. The van der Waals surface area contributed by atoms with Crippen molar-refractivity contribution in [3.05, 3.63) is 73.2 Å². The molecule has 2 N–H and O–H groups in total. The molecule has 1 saturated heterocycles. The molecule has 4 aromatic rings. The van der Waals surface area contributed by atoms with Gasteiger partial charge in [-0.25, -0.2) is 18.3 Å². The maximum atomic E-state index is 15.1. The van der Waals surface area contributed by atoms with Gasteiger partial charge in [0.05, 0.1) is 24.2 Å². The molecule has 2 aromatic carbocycles. The summed E-state index contributed by atoms with van der Waals surface area (Å²) in [6.45, 7) is 7.58. The summed E-state index contributed by atoms with van der Waals surface area (Å²) in [6.07, 6.45) is 4.24. The minimum absolute atomic E-state index is 0.0745. The van der Waals surface area contributed by atoms with E-state index in [0.29, 0.717) is 36.6 Å². The number of ether oxygens (including phenoxy) is 1. The largest absolute Gasteiger partial charge is 0.383 e. The van der Waals surface area contributed by atoms with E-state index in [1.807, 2.05) is 11.0 Å². The van der Waals surface area contributed by atoms with Crippen LogP contribution in [0.1, 0.15) is 0 Å². The SMILES string of the molecule is C=CC(=O)Nc1cccc(-c2cnn3cnc(Nc4ccc(N5CCN(CCOC)CC5)c(F)c4F)nc23)c1. The average molecular weight is 535 g/mol. The number of aromatic nitrogens is 4. The summed E-state index contributed by atoms with van der Waals surface area (Å²) in [7, 11) is 1.66. The van der Waals surface area contributed by atoms with E-state index in [1.54, 1.807) is 37.6 Å². The highest BCUT2D eigenvalue weighted by Crippen LogP contribution is 2.30. The lowest BCUT2D eigenvalue weighted by Crippen LogP contribution is -2.47. The van der Waals surface area contributed by atoms with Crippen LogP contribution in [0.4, 0.5) is 31.8 Å². The van der Waals surface area contributed by atoms with Crippen LogP contribution in [0.15, 0.2) is 61.6 Å². The van der Waals surface area contributed by atoms with Gasteiger partial charge in [0.25, 0.3) is 0 Å². The zero-order valence-corrected chi connectivity index (χ0v) is 21.4. The van der Waals surface area contributed by atoms with Gasteiger partial charge in [-0.1, -0.05) is 18.7 Å². The van der Waals surface area contributed by atoms with Crippen molar-refractivity contribution in [1.82, 2.24) is 24.5 Å². The van der Waals surface area contributed by atoms with Gasteiger partial charge < -0.3 is 20.3 Å². The summed E-state index contributed by atoms with van der Waals surface area (Å²) in [5, 5.41) is 9.79. The van der Waals surface area contributed by atoms with Crippen LogP contribution in [-0.2, 0) is 9.53 Å². The maximum absolute atomic E-state index is 15.1. The Balaban J connectivity index is 1.35. The number of nitrogens with zero attached hydrogens (tertiary/aromatic N) is 6. The molecule has 2 aromatic heterocycles. The van der Waals surface area contributed by atoms with E-state index < -0.39 is 11.6 Å². The molecular formula is C27H28F2N8O2. The lowest BCUT2D eigenvalue weighted by Gasteiger charge is -2.36. The van der Waals surface area contributed by atoms with Crippen molar-refractivity contribution < 1.29 is 18.3 Å². The predicted molar refractivity (Wildman–Crippen MR) is 145 cm³/mol. The molecule has 0 bridgehead atoms. The molecule has 3 heterocycles. The monoisotopic (exact) mass is 534 g/mol. The minimum atomic E-state index is -1.00. The number of hydrogen-bond donors (Lipinski definition) is 2. The quantitative estimate of drug-likeness (QED) is 0.314. The molecule has 12 heteroatoms. The number of methoxy groups -OCH3 is 1. The van der Waals surface area contributed by atoms with Gasteiger partial charge in [0, 0.05) is 51.1 Å². The molecule has 0 atom stereocenters. The van der Waals surface area contributed by atoms with E-state index in [-0.39, 0.29) is 23.2 Å². The number of piperazine rings is 1. The highest BCUT2D eigenvalue weighted by atomic mass is 19.2. The first kappa shape index (κ1) is 26.2. The van der Waals surface area contributed by atoms with Gasteiger partial charge in [-0.3, -0.25) is 9.69 Å². The molecule has 5 rings (SSSR count). The molecule has 1 fully saturated rings. The van der Waals surface area contributed by atoms with Crippen LogP contribution in [0.5, 0.6) is 0 Å². The molecule has 39 heavy (non-hydrogen) atoms. The van der Waals surface area contributed by atoms with Crippen LogP contribution in [0.2, 0.25) is 0 Å². The molecule has 0 radical (unpaired) electrons. The van der Waals surface area contributed by atoms with Crippen LogP contribution in [-0.4, -0.2) is 76.8 Å². The number of amides is 1. The number of halogens is 2. The number of hydrogen-bond acceptors (Lipinski definition) is 8. The Labute approximate surface area is 223 Å². The van der Waals surface area contributed by atoms with Gasteiger partial charge in [-0.05, 0) is 35.9 Å². The number of nitrogens with one attached hydrogen (secondary N) is 2. The molecule has 1 amide bonds. The van der Waals surface area contributed by atoms with Crippen LogP contribution < -0.4 is 15.5 Å². The van der Waals surface area contributed by atoms with Gasteiger partial charge in [0.1, 0.15) is 6.33 Å². The predicted octanol–water partition coefficient (Wildman–Crippen LogP) is 3.71. The van der Waals surface area contributed by atoms with Gasteiger partial charge in [-0.15, -0.1) is 0 Å². The Hall–Kier alpha value is -4.42. The van der Waals surface area contributed by atoms with E-state index in [4.69, 9.17) is 4.74 Å².